The highest BCUT2D eigenvalue weighted by Gasteiger charge is 2.19. The molecule has 3 aromatic carbocycles. The number of fused-ring (bicyclic) bond motifs is 2. The van der Waals surface area contributed by atoms with E-state index in [4.69, 9.17) is 16.3 Å². The number of aromatic nitrogens is 2. The third-order valence-electron chi connectivity index (χ3n) is 5.07. The minimum Gasteiger partial charge on any atom is -0.421 e. The van der Waals surface area contributed by atoms with E-state index in [1.807, 2.05) is 24.3 Å². The molecule has 1 aromatic heterocycles. The average Bonchev–Trinajstić information content (AvgIpc) is 2.77. The first-order chi connectivity index (χ1) is 14.6. The zero-order valence-corrected chi connectivity index (χ0v) is 17.4. The monoisotopic (exact) mass is 420 g/mol. The van der Waals surface area contributed by atoms with Gasteiger partial charge in [0.25, 0.3) is 5.56 Å². The highest BCUT2D eigenvalue weighted by Crippen LogP contribution is 2.32. The number of nitrogens with zero attached hydrogens (tertiary/aromatic N) is 2. The van der Waals surface area contributed by atoms with Crippen molar-refractivity contribution in [2.75, 3.05) is 0 Å². The van der Waals surface area contributed by atoms with Crippen LogP contribution in [0.25, 0.3) is 21.5 Å². The normalized spacial score (nSPS) is 11.1. The van der Waals surface area contributed by atoms with E-state index in [0.717, 1.165) is 30.0 Å². The molecule has 0 saturated heterocycles. The number of esters is 1. The Kier molecular flexibility index (Phi) is 5.81. The zero-order chi connectivity index (χ0) is 21.1. The van der Waals surface area contributed by atoms with Gasteiger partial charge in [-0.15, -0.1) is 0 Å². The van der Waals surface area contributed by atoms with Gasteiger partial charge in [0.05, 0.1) is 5.39 Å². The summed E-state index contributed by atoms with van der Waals surface area (Å²) in [6, 6.07) is 17.8. The lowest BCUT2D eigenvalue weighted by atomic mass is 10.1. The van der Waals surface area contributed by atoms with Gasteiger partial charge in [0.1, 0.15) is 5.75 Å². The molecule has 0 fully saturated rings. The lowest BCUT2D eigenvalue weighted by Crippen LogP contribution is -2.27. The molecule has 0 unspecified atom stereocenters. The zero-order valence-electron chi connectivity index (χ0n) is 16.6. The van der Waals surface area contributed by atoms with E-state index in [2.05, 4.69) is 12.0 Å². The molecule has 152 valence electrons. The van der Waals surface area contributed by atoms with E-state index in [1.165, 1.54) is 4.68 Å². The number of carbonyl (C=O) groups is 1. The second-order valence-electron chi connectivity index (χ2n) is 7.11. The smallest absolute Gasteiger partial charge is 0.364 e. The number of hydrogen-bond acceptors (Lipinski definition) is 4. The predicted octanol–water partition coefficient (Wildman–Crippen LogP) is 5.61. The van der Waals surface area contributed by atoms with E-state index in [1.54, 1.807) is 36.4 Å². The Bertz CT molecular complexity index is 1300. The summed E-state index contributed by atoms with van der Waals surface area (Å²) in [5.41, 5.74) is -0.0732. The van der Waals surface area contributed by atoms with Crippen molar-refractivity contribution < 1.29 is 9.53 Å². The fraction of sp³-hybridized carbons (Fsp3) is 0.208. The Morgan fingerprint density at radius 1 is 0.933 bits per heavy atom. The van der Waals surface area contributed by atoms with Gasteiger partial charge in [0.15, 0.2) is 5.69 Å². The fourth-order valence-corrected chi connectivity index (χ4v) is 3.75. The molecule has 0 aliphatic rings. The molecule has 1 heterocycles. The van der Waals surface area contributed by atoms with Crippen LogP contribution >= 0.6 is 11.6 Å². The minimum atomic E-state index is -0.608. The van der Waals surface area contributed by atoms with E-state index in [-0.39, 0.29) is 11.3 Å². The first-order valence-electron chi connectivity index (χ1n) is 9.99. The van der Waals surface area contributed by atoms with Gasteiger partial charge in [-0.2, -0.15) is 5.10 Å². The van der Waals surface area contributed by atoms with Crippen molar-refractivity contribution in [2.24, 2.45) is 0 Å². The number of ether oxygens (including phenoxy) is 1. The van der Waals surface area contributed by atoms with Crippen molar-refractivity contribution in [3.8, 4) is 5.75 Å². The van der Waals surface area contributed by atoms with Gasteiger partial charge >= 0.3 is 5.97 Å². The van der Waals surface area contributed by atoms with Crippen LogP contribution in [-0.2, 0) is 6.54 Å². The first kappa shape index (κ1) is 20.1. The van der Waals surface area contributed by atoms with Crippen molar-refractivity contribution in [1.29, 1.82) is 0 Å². The third kappa shape index (κ3) is 3.81. The maximum Gasteiger partial charge on any atom is 0.364 e. The van der Waals surface area contributed by atoms with Gasteiger partial charge in [-0.05, 0) is 24.6 Å². The van der Waals surface area contributed by atoms with Crippen LogP contribution in [0.5, 0.6) is 5.75 Å². The Balaban J connectivity index is 1.77. The summed E-state index contributed by atoms with van der Waals surface area (Å²) in [5.74, 6) is -0.211. The number of hydrogen-bond donors (Lipinski definition) is 0. The van der Waals surface area contributed by atoms with Crippen LogP contribution in [0.4, 0.5) is 0 Å². The summed E-state index contributed by atoms with van der Waals surface area (Å²) in [6.45, 7) is 2.55. The molecule has 0 spiro atoms. The highest BCUT2D eigenvalue weighted by molar-refractivity contribution is 6.35. The van der Waals surface area contributed by atoms with Crippen LogP contribution in [0.2, 0.25) is 5.02 Å². The number of benzene rings is 3. The fourth-order valence-electron chi connectivity index (χ4n) is 3.52. The number of aryl methyl sites for hydroxylation is 1. The molecule has 0 bridgehead atoms. The van der Waals surface area contributed by atoms with Gasteiger partial charge in [-0.3, -0.25) is 4.79 Å². The molecule has 0 saturated carbocycles. The molecular weight excluding hydrogens is 400 g/mol. The number of unbranched alkanes of at least 4 members (excludes halogenated alkanes) is 2. The predicted molar refractivity (Wildman–Crippen MR) is 119 cm³/mol. The van der Waals surface area contributed by atoms with Crippen LogP contribution in [0, 0.1) is 0 Å². The van der Waals surface area contributed by atoms with Crippen molar-refractivity contribution >= 4 is 39.1 Å². The standard InChI is InChI=1S/C24H21ClN2O3/c1-2-3-8-15-27-23(28)19-12-7-6-11-18(19)22(26-27)24(29)30-21-14-13-20(25)16-9-4-5-10-17(16)21/h4-7,9-14H,2-3,8,15H2,1H3. The molecule has 0 aliphatic carbocycles. The Labute approximate surface area is 178 Å². The quantitative estimate of drug-likeness (QED) is 0.231. The minimum absolute atomic E-state index is 0.126. The molecule has 30 heavy (non-hydrogen) atoms. The first-order valence-corrected chi connectivity index (χ1v) is 10.4. The van der Waals surface area contributed by atoms with Gasteiger partial charge < -0.3 is 4.74 Å². The molecule has 0 N–H and O–H groups in total. The average molecular weight is 421 g/mol. The lowest BCUT2D eigenvalue weighted by molar-refractivity contribution is 0.0730. The van der Waals surface area contributed by atoms with Crippen molar-refractivity contribution in [3.05, 3.63) is 81.7 Å². The maximum atomic E-state index is 13.1. The lowest BCUT2D eigenvalue weighted by Gasteiger charge is -2.12. The molecule has 4 aromatic rings. The number of rotatable bonds is 6. The number of carbonyl (C=O) groups excluding carboxylic acids is 1. The van der Waals surface area contributed by atoms with E-state index < -0.39 is 5.97 Å². The van der Waals surface area contributed by atoms with E-state index in [0.29, 0.717) is 28.1 Å². The van der Waals surface area contributed by atoms with Crippen LogP contribution in [0.3, 0.4) is 0 Å². The van der Waals surface area contributed by atoms with Gasteiger partial charge in [-0.1, -0.05) is 73.8 Å². The summed E-state index contributed by atoms with van der Waals surface area (Å²) in [6.07, 6.45) is 2.83. The van der Waals surface area contributed by atoms with Crippen LogP contribution < -0.4 is 10.3 Å². The molecule has 0 radical (unpaired) electrons. The molecule has 0 aliphatic heterocycles. The third-order valence-corrected chi connectivity index (χ3v) is 5.40. The van der Waals surface area contributed by atoms with Crippen molar-refractivity contribution in [3.63, 3.8) is 0 Å². The summed E-state index contributed by atoms with van der Waals surface area (Å²) in [7, 11) is 0. The van der Waals surface area contributed by atoms with Crippen LogP contribution in [0.1, 0.15) is 36.7 Å². The highest BCUT2D eigenvalue weighted by atomic mass is 35.5. The largest absolute Gasteiger partial charge is 0.421 e. The van der Waals surface area contributed by atoms with Gasteiger partial charge in [0.2, 0.25) is 0 Å². The second kappa shape index (κ2) is 8.67. The summed E-state index contributed by atoms with van der Waals surface area (Å²) >= 11 is 6.27. The van der Waals surface area contributed by atoms with E-state index in [9.17, 15) is 9.59 Å². The summed E-state index contributed by atoms with van der Waals surface area (Å²) < 4.78 is 7.09. The van der Waals surface area contributed by atoms with Gasteiger partial charge in [-0.25, -0.2) is 9.48 Å². The molecule has 4 rings (SSSR count). The molecule has 6 heteroatoms. The number of halogens is 1. The maximum absolute atomic E-state index is 13.1. The topological polar surface area (TPSA) is 61.2 Å². The molecule has 5 nitrogen and oxygen atoms in total. The SMILES string of the molecule is CCCCCn1nc(C(=O)Oc2ccc(Cl)c3ccccc23)c2ccccc2c1=O. The van der Waals surface area contributed by atoms with E-state index >= 15 is 0 Å². The summed E-state index contributed by atoms with van der Waals surface area (Å²) in [5, 5.41) is 7.42. The molecule has 0 atom stereocenters. The van der Waals surface area contributed by atoms with Crippen LogP contribution in [-0.4, -0.2) is 15.7 Å². The Morgan fingerprint density at radius 2 is 1.60 bits per heavy atom. The molecular formula is C24H21ClN2O3. The second-order valence-corrected chi connectivity index (χ2v) is 7.52. The van der Waals surface area contributed by atoms with Crippen LogP contribution in [0.15, 0.2) is 65.5 Å². The van der Waals surface area contributed by atoms with Crippen molar-refractivity contribution in [2.45, 2.75) is 32.7 Å². The van der Waals surface area contributed by atoms with Gasteiger partial charge in [0, 0.05) is 27.7 Å². The molecule has 0 amide bonds. The Hall–Kier alpha value is -3.18. The van der Waals surface area contributed by atoms with Crippen molar-refractivity contribution in [1.82, 2.24) is 9.78 Å². The Morgan fingerprint density at radius 3 is 2.33 bits per heavy atom. The summed E-state index contributed by atoms with van der Waals surface area (Å²) in [4.78, 5) is 25.9.